The van der Waals surface area contributed by atoms with E-state index < -0.39 is 6.10 Å². The predicted molar refractivity (Wildman–Crippen MR) is 111 cm³/mol. The van der Waals surface area contributed by atoms with E-state index in [0.717, 1.165) is 51.3 Å². The summed E-state index contributed by atoms with van der Waals surface area (Å²) in [6.07, 6.45) is 4.37. The van der Waals surface area contributed by atoms with Gasteiger partial charge in [0.1, 0.15) is 5.75 Å². The Morgan fingerprint density at radius 3 is 2.43 bits per heavy atom. The van der Waals surface area contributed by atoms with Crippen LogP contribution >= 0.6 is 0 Å². The average molecular weight is 379 g/mol. The van der Waals surface area contributed by atoms with Gasteiger partial charge in [-0.2, -0.15) is 0 Å². The maximum absolute atomic E-state index is 12.8. The van der Waals surface area contributed by atoms with Crippen molar-refractivity contribution in [3.05, 3.63) is 65.2 Å². The van der Waals surface area contributed by atoms with Gasteiger partial charge in [-0.3, -0.25) is 9.69 Å². The number of benzene rings is 2. The quantitative estimate of drug-likeness (QED) is 0.796. The summed E-state index contributed by atoms with van der Waals surface area (Å²) in [4.78, 5) is 17.2. The van der Waals surface area contributed by atoms with Crippen LogP contribution in [-0.2, 0) is 24.2 Å². The van der Waals surface area contributed by atoms with Crippen molar-refractivity contribution < 1.29 is 9.53 Å². The van der Waals surface area contributed by atoms with Crippen LogP contribution in [0.5, 0.6) is 5.75 Å². The number of carbonyl (C=O) groups is 1. The van der Waals surface area contributed by atoms with Crippen molar-refractivity contribution in [1.29, 1.82) is 0 Å². The Bertz CT molecular complexity index is 798. The van der Waals surface area contributed by atoms with Crippen LogP contribution in [0.15, 0.2) is 48.5 Å². The van der Waals surface area contributed by atoms with Gasteiger partial charge in [-0.1, -0.05) is 36.4 Å². The first-order valence-corrected chi connectivity index (χ1v) is 10.5. The lowest BCUT2D eigenvalue weighted by Crippen LogP contribution is -2.51. The van der Waals surface area contributed by atoms with Gasteiger partial charge >= 0.3 is 0 Å². The number of nitrogens with zero attached hydrogens (tertiary/aromatic N) is 2. The summed E-state index contributed by atoms with van der Waals surface area (Å²) < 4.78 is 6.01. The molecule has 28 heavy (non-hydrogen) atoms. The predicted octanol–water partition coefficient (Wildman–Crippen LogP) is 3.68. The van der Waals surface area contributed by atoms with E-state index in [1.165, 1.54) is 29.5 Å². The minimum atomic E-state index is -0.442. The average Bonchev–Trinajstić information content (AvgIpc) is 2.74. The molecule has 0 unspecified atom stereocenters. The highest BCUT2D eigenvalue weighted by Crippen LogP contribution is 2.26. The molecule has 148 valence electrons. The standard InChI is InChI=1S/C24H30N2O2/c1-19(28-23-12-11-21-9-5-6-10-22(21)17-23)24(27)26-15-13-25(14-16-26)18-20-7-3-2-4-8-20/h2-4,7-8,11-12,17,19H,5-6,9-10,13-16,18H2,1H3/t19-/m1/s1. The van der Waals surface area contributed by atoms with Crippen LogP contribution in [0, 0.1) is 0 Å². The Hall–Kier alpha value is -2.33. The zero-order chi connectivity index (χ0) is 19.3. The Labute approximate surface area is 168 Å². The van der Waals surface area contributed by atoms with E-state index in [4.69, 9.17) is 4.74 Å². The molecule has 1 aliphatic carbocycles. The van der Waals surface area contributed by atoms with E-state index in [2.05, 4.69) is 41.3 Å². The molecule has 4 rings (SSSR count). The summed E-state index contributed by atoms with van der Waals surface area (Å²) in [7, 11) is 0. The minimum Gasteiger partial charge on any atom is -0.481 e. The number of ether oxygens (including phenoxy) is 1. The molecule has 0 saturated carbocycles. The number of hydrogen-bond donors (Lipinski definition) is 0. The molecule has 2 aromatic carbocycles. The number of hydrogen-bond acceptors (Lipinski definition) is 3. The smallest absolute Gasteiger partial charge is 0.263 e. The molecule has 2 aromatic rings. The van der Waals surface area contributed by atoms with Crippen LogP contribution in [0.25, 0.3) is 0 Å². The van der Waals surface area contributed by atoms with Crippen molar-refractivity contribution in [2.45, 2.75) is 45.3 Å². The summed E-state index contributed by atoms with van der Waals surface area (Å²) >= 11 is 0. The van der Waals surface area contributed by atoms with Gasteiger partial charge in [0.25, 0.3) is 5.91 Å². The van der Waals surface area contributed by atoms with Crippen molar-refractivity contribution in [2.24, 2.45) is 0 Å². The third kappa shape index (κ3) is 4.56. The second kappa shape index (κ2) is 8.78. The number of rotatable bonds is 5. The fourth-order valence-corrected chi connectivity index (χ4v) is 4.26. The topological polar surface area (TPSA) is 32.8 Å². The highest BCUT2D eigenvalue weighted by Gasteiger charge is 2.26. The summed E-state index contributed by atoms with van der Waals surface area (Å²) in [5, 5.41) is 0. The molecule has 4 heteroatoms. The van der Waals surface area contributed by atoms with E-state index in [0.29, 0.717) is 0 Å². The van der Waals surface area contributed by atoms with E-state index in [1.54, 1.807) is 0 Å². The van der Waals surface area contributed by atoms with Crippen LogP contribution in [0.4, 0.5) is 0 Å². The van der Waals surface area contributed by atoms with Gasteiger partial charge in [-0.15, -0.1) is 0 Å². The monoisotopic (exact) mass is 378 g/mol. The zero-order valence-electron chi connectivity index (χ0n) is 16.8. The SMILES string of the molecule is C[C@@H](Oc1ccc2c(c1)CCCC2)C(=O)N1CCN(Cc2ccccc2)CC1. The Kier molecular flexibility index (Phi) is 5.96. The molecule has 0 spiro atoms. The Morgan fingerprint density at radius 1 is 0.964 bits per heavy atom. The third-order valence-electron chi connectivity index (χ3n) is 5.91. The highest BCUT2D eigenvalue weighted by molar-refractivity contribution is 5.81. The molecule has 1 amide bonds. The van der Waals surface area contributed by atoms with Crippen LogP contribution in [-0.4, -0.2) is 48.0 Å². The largest absolute Gasteiger partial charge is 0.481 e. The number of piperazine rings is 1. The summed E-state index contributed by atoms with van der Waals surface area (Å²) in [5.41, 5.74) is 4.15. The summed E-state index contributed by atoms with van der Waals surface area (Å²) in [6, 6.07) is 16.8. The molecule has 4 nitrogen and oxygen atoms in total. The molecular formula is C24H30N2O2. The molecule has 1 saturated heterocycles. The number of amides is 1. The molecule has 0 radical (unpaired) electrons. The van der Waals surface area contributed by atoms with Gasteiger partial charge in [-0.25, -0.2) is 0 Å². The van der Waals surface area contributed by atoms with Crippen LogP contribution in [0.3, 0.4) is 0 Å². The van der Waals surface area contributed by atoms with Crippen LogP contribution < -0.4 is 4.74 Å². The second-order valence-electron chi connectivity index (χ2n) is 7.98. The summed E-state index contributed by atoms with van der Waals surface area (Å²) in [6.45, 7) is 6.17. The molecule has 1 heterocycles. The molecule has 0 aromatic heterocycles. The van der Waals surface area contributed by atoms with Gasteiger partial charge in [0.15, 0.2) is 6.10 Å². The fraction of sp³-hybridized carbons (Fsp3) is 0.458. The molecule has 1 fully saturated rings. The maximum atomic E-state index is 12.8. The third-order valence-corrected chi connectivity index (χ3v) is 5.91. The normalized spacial score (nSPS) is 18.4. The lowest BCUT2D eigenvalue weighted by atomic mass is 9.92. The number of carbonyl (C=O) groups excluding carboxylic acids is 1. The first-order valence-electron chi connectivity index (χ1n) is 10.5. The minimum absolute atomic E-state index is 0.0945. The van der Waals surface area contributed by atoms with E-state index in [9.17, 15) is 4.79 Å². The summed E-state index contributed by atoms with van der Waals surface area (Å²) in [5.74, 6) is 0.918. The maximum Gasteiger partial charge on any atom is 0.263 e. The van der Waals surface area contributed by atoms with Crippen molar-refractivity contribution in [3.63, 3.8) is 0 Å². The number of fused-ring (bicyclic) bond motifs is 1. The first-order chi connectivity index (χ1) is 13.7. The fourth-order valence-electron chi connectivity index (χ4n) is 4.26. The highest BCUT2D eigenvalue weighted by atomic mass is 16.5. The van der Waals surface area contributed by atoms with Gasteiger partial charge in [0.05, 0.1) is 0 Å². The molecule has 1 atom stereocenters. The van der Waals surface area contributed by atoms with Gasteiger partial charge in [0, 0.05) is 32.7 Å². The number of aryl methyl sites for hydroxylation is 2. The first kappa shape index (κ1) is 19.0. The van der Waals surface area contributed by atoms with E-state index in [1.807, 2.05) is 24.0 Å². The Balaban J connectivity index is 1.29. The molecular weight excluding hydrogens is 348 g/mol. The molecule has 1 aliphatic heterocycles. The molecule has 0 N–H and O–H groups in total. The van der Waals surface area contributed by atoms with Gasteiger partial charge < -0.3 is 9.64 Å². The molecule has 0 bridgehead atoms. The van der Waals surface area contributed by atoms with Crippen LogP contribution in [0.2, 0.25) is 0 Å². The lowest BCUT2D eigenvalue weighted by molar-refractivity contribution is -0.139. The Morgan fingerprint density at radius 2 is 1.68 bits per heavy atom. The van der Waals surface area contributed by atoms with E-state index >= 15 is 0 Å². The second-order valence-corrected chi connectivity index (χ2v) is 7.98. The van der Waals surface area contributed by atoms with Gasteiger partial charge in [-0.05, 0) is 61.4 Å². The lowest BCUT2D eigenvalue weighted by Gasteiger charge is -2.36. The zero-order valence-corrected chi connectivity index (χ0v) is 16.8. The van der Waals surface area contributed by atoms with Crippen molar-refractivity contribution in [2.75, 3.05) is 26.2 Å². The molecule has 2 aliphatic rings. The van der Waals surface area contributed by atoms with Crippen LogP contribution in [0.1, 0.15) is 36.5 Å². The van der Waals surface area contributed by atoms with Gasteiger partial charge in [0.2, 0.25) is 0 Å². The van der Waals surface area contributed by atoms with E-state index in [-0.39, 0.29) is 5.91 Å². The van der Waals surface area contributed by atoms with Crippen molar-refractivity contribution in [3.8, 4) is 5.75 Å². The van der Waals surface area contributed by atoms with Crippen molar-refractivity contribution in [1.82, 2.24) is 9.80 Å². The van der Waals surface area contributed by atoms with Crippen molar-refractivity contribution >= 4 is 5.91 Å².